The molecule has 0 spiro atoms. The minimum absolute atomic E-state index is 0.0497. The number of halogens is 1. The van der Waals surface area contributed by atoms with Crippen molar-refractivity contribution >= 4 is 5.91 Å². The summed E-state index contributed by atoms with van der Waals surface area (Å²) in [5.74, 6) is 1.05. The molecule has 3 aromatic rings. The molecule has 0 aliphatic carbocycles. The number of likely N-dealkylation sites (tertiary alicyclic amines) is 1. The molecule has 1 amide bonds. The monoisotopic (exact) mass is 381 g/mol. The van der Waals surface area contributed by atoms with Gasteiger partial charge in [0.25, 0.3) is 0 Å². The average Bonchev–Trinajstić information content (AvgIpc) is 3.32. The zero-order valence-corrected chi connectivity index (χ0v) is 15.5. The third-order valence-corrected chi connectivity index (χ3v) is 4.73. The van der Waals surface area contributed by atoms with Crippen LogP contribution in [0.5, 0.6) is 5.75 Å². The summed E-state index contributed by atoms with van der Waals surface area (Å²) >= 11 is 0. The summed E-state index contributed by atoms with van der Waals surface area (Å²) in [5, 5.41) is 4.05. The van der Waals surface area contributed by atoms with Crippen LogP contribution in [0.4, 0.5) is 4.39 Å². The second kappa shape index (κ2) is 7.80. The van der Waals surface area contributed by atoms with Gasteiger partial charge in [-0.3, -0.25) is 4.79 Å². The van der Waals surface area contributed by atoms with Crippen LogP contribution >= 0.6 is 0 Å². The van der Waals surface area contributed by atoms with Gasteiger partial charge in [0.05, 0.1) is 12.5 Å². The first-order chi connectivity index (χ1) is 13.6. The molecule has 1 aliphatic rings. The lowest BCUT2D eigenvalue weighted by molar-refractivity contribution is -0.128. The van der Waals surface area contributed by atoms with Crippen molar-refractivity contribution < 1.29 is 18.4 Å². The minimum atomic E-state index is -0.312. The Morgan fingerprint density at radius 2 is 2.11 bits per heavy atom. The molecule has 0 N–H and O–H groups in total. The van der Waals surface area contributed by atoms with E-state index >= 15 is 0 Å². The third kappa shape index (κ3) is 3.74. The molecule has 1 aromatic heterocycles. The summed E-state index contributed by atoms with van der Waals surface area (Å²) in [4.78, 5) is 18.5. The minimum Gasteiger partial charge on any atom is -0.494 e. The van der Waals surface area contributed by atoms with Gasteiger partial charge in [0.2, 0.25) is 17.6 Å². The highest BCUT2D eigenvalue weighted by molar-refractivity contribution is 5.79. The van der Waals surface area contributed by atoms with Gasteiger partial charge in [-0.15, -0.1) is 0 Å². The molecule has 0 saturated carbocycles. The second-order valence-corrected chi connectivity index (χ2v) is 6.68. The predicted octanol–water partition coefficient (Wildman–Crippen LogP) is 3.79. The van der Waals surface area contributed by atoms with Crippen LogP contribution in [-0.4, -0.2) is 34.1 Å². The lowest BCUT2D eigenvalue weighted by Crippen LogP contribution is -2.24. The molecular formula is C21H20FN3O3. The second-order valence-electron chi connectivity index (χ2n) is 6.68. The SMILES string of the molecule is CCOc1cccc(-c2noc(C3CC(=O)N(Cc4ccccc4F)C3)n2)c1. The predicted molar refractivity (Wildman–Crippen MR) is 100 cm³/mol. The van der Waals surface area contributed by atoms with Crippen molar-refractivity contribution in [3.05, 3.63) is 65.8 Å². The first kappa shape index (κ1) is 18.2. The third-order valence-electron chi connectivity index (χ3n) is 4.73. The van der Waals surface area contributed by atoms with Gasteiger partial charge in [-0.2, -0.15) is 4.98 Å². The Kier molecular flexibility index (Phi) is 5.06. The average molecular weight is 381 g/mol. The van der Waals surface area contributed by atoms with Crippen LogP contribution < -0.4 is 4.74 Å². The summed E-state index contributed by atoms with van der Waals surface area (Å²) < 4.78 is 24.8. The molecule has 0 bridgehead atoms. The van der Waals surface area contributed by atoms with Gasteiger partial charge in [0.15, 0.2) is 0 Å². The fourth-order valence-electron chi connectivity index (χ4n) is 3.33. The number of carbonyl (C=O) groups is 1. The van der Waals surface area contributed by atoms with E-state index < -0.39 is 0 Å². The van der Waals surface area contributed by atoms with E-state index in [2.05, 4.69) is 10.1 Å². The van der Waals surface area contributed by atoms with Crippen LogP contribution in [0.2, 0.25) is 0 Å². The topological polar surface area (TPSA) is 68.5 Å². The maximum atomic E-state index is 13.9. The molecular weight excluding hydrogens is 361 g/mol. The highest BCUT2D eigenvalue weighted by Crippen LogP contribution is 2.30. The molecule has 1 fully saturated rings. The van der Waals surface area contributed by atoms with Gasteiger partial charge < -0.3 is 14.2 Å². The molecule has 1 aliphatic heterocycles. The van der Waals surface area contributed by atoms with Crippen molar-refractivity contribution in [3.63, 3.8) is 0 Å². The van der Waals surface area contributed by atoms with Gasteiger partial charge in [-0.25, -0.2) is 4.39 Å². The van der Waals surface area contributed by atoms with Crippen molar-refractivity contribution in [1.82, 2.24) is 15.0 Å². The lowest BCUT2D eigenvalue weighted by Gasteiger charge is -2.16. The Bertz CT molecular complexity index is 988. The van der Waals surface area contributed by atoms with Gasteiger partial charge in [0, 0.05) is 30.6 Å². The zero-order chi connectivity index (χ0) is 19.5. The maximum Gasteiger partial charge on any atom is 0.232 e. The van der Waals surface area contributed by atoms with Gasteiger partial charge in [-0.1, -0.05) is 35.5 Å². The fourth-order valence-corrected chi connectivity index (χ4v) is 3.33. The molecule has 4 rings (SSSR count). The van der Waals surface area contributed by atoms with Crippen molar-refractivity contribution in [1.29, 1.82) is 0 Å². The molecule has 6 nitrogen and oxygen atoms in total. The summed E-state index contributed by atoms with van der Waals surface area (Å²) in [6, 6.07) is 13.9. The maximum absolute atomic E-state index is 13.9. The summed E-state index contributed by atoms with van der Waals surface area (Å²) in [7, 11) is 0. The van der Waals surface area contributed by atoms with Crippen LogP contribution in [0.25, 0.3) is 11.4 Å². The van der Waals surface area contributed by atoms with E-state index in [-0.39, 0.29) is 30.6 Å². The van der Waals surface area contributed by atoms with Crippen LogP contribution in [0.1, 0.15) is 30.7 Å². The standard InChI is InChI=1S/C21H20FN3O3/c1-2-27-17-8-5-7-14(10-17)20-23-21(28-24-20)16-11-19(26)25(13-16)12-15-6-3-4-9-18(15)22/h3-10,16H,2,11-13H2,1H3. The number of ether oxygens (including phenoxy) is 1. The quantitative estimate of drug-likeness (QED) is 0.650. The van der Waals surface area contributed by atoms with E-state index in [0.29, 0.717) is 30.4 Å². The molecule has 1 atom stereocenters. The van der Waals surface area contributed by atoms with Gasteiger partial charge >= 0.3 is 0 Å². The number of hydrogen-bond donors (Lipinski definition) is 0. The van der Waals surface area contributed by atoms with Crippen molar-refractivity contribution in [3.8, 4) is 17.1 Å². The Hall–Kier alpha value is -3.22. The van der Waals surface area contributed by atoms with E-state index in [1.165, 1.54) is 6.07 Å². The summed E-state index contributed by atoms with van der Waals surface area (Å²) in [6.07, 6.45) is 0.273. The molecule has 1 unspecified atom stereocenters. The van der Waals surface area contributed by atoms with E-state index in [0.717, 1.165) is 11.3 Å². The highest BCUT2D eigenvalue weighted by Gasteiger charge is 2.34. The number of carbonyl (C=O) groups excluding carboxylic acids is 1. The molecule has 2 aromatic carbocycles. The molecule has 2 heterocycles. The van der Waals surface area contributed by atoms with Gasteiger partial charge in [-0.05, 0) is 25.1 Å². The lowest BCUT2D eigenvalue weighted by atomic mass is 10.1. The molecule has 1 saturated heterocycles. The number of rotatable bonds is 6. The van der Waals surface area contributed by atoms with E-state index in [4.69, 9.17) is 9.26 Å². The van der Waals surface area contributed by atoms with E-state index in [1.54, 1.807) is 23.1 Å². The first-order valence-corrected chi connectivity index (χ1v) is 9.22. The Morgan fingerprint density at radius 1 is 1.25 bits per heavy atom. The molecule has 28 heavy (non-hydrogen) atoms. The van der Waals surface area contributed by atoms with E-state index in [9.17, 15) is 9.18 Å². The molecule has 144 valence electrons. The van der Waals surface area contributed by atoms with Gasteiger partial charge in [0.1, 0.15) is 11.6 Å². The Morgan fingerprint density at radius 3 is 2.93 bits per heavy atom. The number of nitrogens with zero attached hydrogens (tertiary/aromatic N) is 3. The number of amides is 1. The highest BCUT2D eigenvalue weighted by atomic mass is 19.1. The normalized spacial score (nSPS) is 16.6. The van der Waals surface area contributed by atoms with Crippen LogP contribution in [0.15, 0.2) is 53.1 Å². The fraction of sp³-hybridized carbons (Fsp3) is 0.286. The summed E-state index contributed by atoms with van der Waals surface area (Å²) in [5.41, 5.74) is 1.28. The van der Waals surface area contributed by atoms with Crippen molar-refractivity contribution in [2.45, 2.75) is 25.8 Å². The largest absolute Gasteiger partial charge is 0.494 e. The molecule has 7 heteroatoms. The smallest absolute Gasteiger partial charge is 0.232 e. The number of hydrogen-bond acceptors (Lipinski definition) is 5. The zero-order valence-electron chi connectivity index (χ0n) is 15.5. The van der Waals surface area contributed by atoms with E-state index in [1.807, 2.05) is 31.2 Å². The van der Waals surface area contributed by atoms with Crippen molar-refractivity contribution in [2.75, 3.05) is 13.2 Å². The van der Waals surface area contributed by atoms with Crippen LogP contribution in [0.3, 0.4) is 0 Å². The molecule has 0 radical (unpaired) electrons. The van der Waals surface area contributed by atoms with Crippen LogP contribution in [0, 0.1) is 5.82 Å². The Labute approximate surface area is 161 Å². The van der Waals surface area contributed by atoms with Crippen LogP contribution in [-0.2, 0) is 11.3 Å². The van der Waals surface area contributed by atoms with Crippen molar-refractivity contribution in [2.24, 2.45) is 0 Å². The Balaban J connectivity index is 1.48. The first-order valence-electron chi connectivity index (χ1n) is 9.22. The number of aromatic nitrogens is 2. The number of benzene rings is 2. The summed E-state index contributed by atoms with van der Waals surface area (Å²) in [6.45, 7) is 3.15.